The number of halogens is 4. The van der Waals surface area contributed by atoms with Crippen molar-refractivity contribution in [3.8, 4) is 0 Å². The average molecular weight is 315 g/mol. The van der Waals surface area contributed by atoms with Crippen LogP contribution in [0.1, 0.15) is 15.9 Å². The summed E-state index contributed by atoms with van der Waals surface area (Å²) in [7, 11) is 0. The highest BCUT2D eigenvalue weighted by molar-refractivity contribution is 9.10. The summed E-state index contributed by atoms with van der Waals surface area (Å²) < 4.78 is 39.6. The third kappa shape index (κ3) is 2.31. The molecule has 5 heteroatoms. The first-order valence-electron chi connectivity index (χ1n) is 4.94. The smallest absolute Gasteiger partial charge is 0.197 e. The molecule has 0 bridgehead atoms. The molecule has 0 aliphatic heterocycles. The van der Waals surface area contributed by atoms with Gasteiger partial charge in [0, 0.05) is 10.0 Å². The van der Waals surface area contributed by atoms with Crippen LogP contribution in [0.5, 0.6) is 0 Å². The highest BCUT2D eigenvalue weighted by Crippen LogP contribution is 2.23. The van der Waals surface area contributed by atoms with Crippen LogP contribution in [0, 0.1) is 17.5 Å². The van der Waals surface area contributed by atoms with E-state index < -0.39 is 23.2 Å². The Kier molecular flexibility index (Phi) is 3.52. The summed E-state index contributed by atoms with van der Waals surface area (Å²) in [6.45, 7) is 0. The minimum Gasteiger partial charge on any atom is -0.288 e. The molecule has 0 aromatic heterocycles. The van der Waals surface area contributed by atoms with Crippen LogP contribution in [0.4, 0.5) is 13.2 Å². The van der Waals surface area contributed by atoms with Gasteiger partial charge in [-0.1, -0.05) is 6.07 Å². The Bertz CT molecular complexity index is 626. The van der Waals surface area contributed by atoms with Gasteiger partial charge in [0.1, 0.15) is 5.82 Å². The minimum atomic E-state index is -1.21. The summed E-state index contributed by atoms with van der Waals surface area (Å²) in [6, 6.07) is 6.72. The molecule has 0 saturated carbocycles. The van der Waals surface area contributed by atoms with Gasteiger partial charge >= 0.3 is 0 Å². The van der Waals surface area contributed by atoms with Crippen LogP contribution in [-0.4, -0.2) is 5.78 Å². The van der Waals surface area contributed by atoms with Crippen LogP contribution < -0.4 is 0 Å². The van der Waals surface area contributed by atoms with Gasteiger partial charge in [0.2, 0.25) is 0 Å². The molecule has 18 heavy (non-hydrogen) atoms. The first kappa shape index (κ1) is 12.8. The van der Waals surface area contributed by atoms with E-state index in [1.54, 1.807) is 0 Å². The fraction of sp³-hybridized carbons (Fsp3) is 0. The van der Waals surface area contributed by atoms with Gasteiger partial charge in [-0.3, -0.25) is 4.79 Å². The number of ketones is 1. The molecule has 0 fully saturated rings. The van der Waals surface area contributed by atoms with Gasteiger partial charge in [-0.2, -0.15) is 0 Å². The lowest BCUT2D eigenvalue weighted by atomic mass is 10.0. The molecule has 1 nitrogen and oxygen atoms in total. The van der Waals surface area contributed by atoms with Crippen molar-refractivity contribution in [2.75, 3.05) is 0 Å². The normalized spacial score (nSPS) is 10.4. The van der Waals surface area contributed by atoms with Gasteiger partial charge in [0.25, 0.3) is 0 Å². The Balaban J connectivity index is 2.51. The van der Waals surface area contributed by atoms with Crippen molar-refractivity contribution in [1.29, 1.82) is 0 Å². The Morgan fingerprint density at radius 2 is 1.72 bits per heavy atom. The van der Waals surface area contributed by atoms with E-state index >= 15 is 0 Å². The van der Waals surface area contributed by atoms with E-state index in [0.717, 1.165) is 18.2 Å². The largest absolute Gasteiger partial charge is 0.288 e. The summed E-state index contributed by atoms with van der Waals surface area (Å²) >= 11 is 3.01. The Hall–Kier alpha value is -1.62. The molecule has 0 N–H and O–H groups in total. The van der Waals surface area contributed by atoms with E-state index in [9.17, 15) is 18.0 Å². The lowest BCUT2D eigenvalue weighted by molar-refractivity contribution is 0.103. The molecule has 0 aliphatic rings. The molecule has 2 aromatic rings. The molecular weight excluding hydrogens is 309 g/mol. The molecule has 0 amide bonds. The van der Waals surface area contributed by atoms with Gasteiger partial charge < -0.3 is 0 Å². The van der Waals surface area contributed by atoms with Crippen LogP contribution in [0.15, 0.2) is 40.9 Å². The van der Waals surface area contributed by atoms with Crippen LogP contribution >= 0.6 is 15.9 Å². The van der Waals surface area contributed by atoms with Crippen LogP contribution in [0.2, 0.25) is 0 Å². The van der Waals surface area contributed by atoms with Gasteiger partial charge in [0.05, 0.1) is 5.56 Å². The summed E-state index contributed by atoms with van der Waals surface area (Å²) in [5, 5.41) is 0. The van der Waals surface area contributed by atoms with Crippen molar-refractivity contribution in [1.82, 2.24) is 0 Å². The molecule has 92 valence electrons. The van der Waals surface area contributed by atoms with Crippen molar-refractivity contribution in [2.24, 2.45) is 0 Å². The first-order valence-corrected chi connectivity index (χ1v) is 5.74. The number of carbonyl (C=O) groups excluding carboxylic acids is 1. The molecule has 0 saturated heterocycles. The van der Waals surface area contributed by atoms with Crippen molar-refractivity contribution < 1.29 is 18.0 Å². The molecule has 0 radical (unpaired) electrons. The van der Waals surface area contributed by atoms with E-state index in [1.165, 1.54) is 18.2 Å². The average Bonchev–Trinajstić information content (AvgIpc) is 2.32. The maximum Gasteiger partial charge on any atom is 0.197 e. The standard InChI is InChI=1S/C13H6BrF3O/c14-10-6-7(15)4-5-8(10)13(18)9-2-1-3-11(16)12(9)17/h1-6H. The summed E-state index contributed by atoms with van der Waals surface area (Å²) in [4.78, 5) is 12.0. The van der Waals surface area contributed by atoms with Crippen molar-refractivity contribution in [3.05, 3.63) is 69.4 Å². The topological polar surface area (TPSA) is 17.1 Å². The second-order valence-electron chi connectivity index (χ2n) is 3.55. The fourth-order valence-corrected chi connectivity index (χ4v) is 2.03. The number of hydrogen-bond donors (Lipinski definition) is 0. The Morgan fingerprint density at radius 1 is 1.00 bits per heavy atom. The third-order valence-corrected chi connectivity index (χ3v) is 3.03. The molecule has 2 rings (SSSR count). The van der Waals surface area contributed by atoms with Gasteiger partial charge in [0.15, 0.2) is 17.4 Å². The minimum absolute atomic E-state index is 0.0703. The molecular formula is C13H6BrF3O. The summed E-state index contributed by atoms with van der Waals surface area (Å²) in [5.41, 5.74) is -0.316. The lowest BCUT2D eigenvalue weighted by Gasteiger charge is -2.05. The van der Waals surface area contributed by atoms with Crippen molar-refractivity contribution in [3.63, 3.8) is 0 Å². The quantitative estimate of drug-likeness (QED) is 0.763. The number of carbonyl (C=O) groups is 1. The number of rotatable bonds is 2. The maximum atomic E-state index is 13.5. The predicted molar refractivity (Wildman–Crippen MR) is 63.9 cm³/mol. The van der Waals surface area contributed by atoms with Gasteiger partial charge in [-0.15, -0.1) is 0 Å². The Labute approximate surface area is 109 Å². The summed E-state index contributed by atoms with van der Waals surface area (Å²) in [5.74, 6) is -3.55. The highest BCUT2D eigenvalue weighted by atomic mass is 79.9. The van der Waals surface area contributed by atoms with E-state index in [4.69, 9.17) is 0 Å². The predicted octanol–water partition coefficient (Wildman–Crippen LogP) is 4.10. The van der Waals surface area contributed by atoms with E-state index in [-0.39, 0.29) is 15.6 Å². The fourth-order valence-electron chi connectivity index (χ4n) is 1.50. The second kappa shape index (κ2) is 4.94. The van der Waals surface area contributed by atoms with Crippen molar-refractivity contribution in [2.45, 2.75) is 0 Å². The number of hydrogen-bond acceptors (Lipinski definition) is 1. The highest BCUT2D eigenvalue weighted by Gasteiger charge is 2.18. The summed E-state index contributed by atoms with van der Waals surface area (Å²) in [6.07, 6.45) is 0. The van der Waals surface area contributed by atoms with Crippen molar-refractivity contribution >= 4 is 21.7 Å². The molecule has 2 aromatic carbocycles. The maximum absolute atomic E-state index is 13.5. The van der Waals surface area contributed by atoms with Crippen LogP contribution in [0.3, 0.4) is 0 Å². The zero-order chi connectivity index (χ0) is 13.3. The SMILES string of the molecule is O=C(c1ccc(F)cc1Br)c1cccc(F)c1F. The van der Waals surface area contributed by atoms with Crippen LogP contribution in [-0.2, 0) is 0 Å². The van der Waals surface area contributed by atoms with Gasteiger partial charge in [-0.05, 0) is 46.3 Å². The molecule has 0 spiro atoms. The molecule has 0 atom stereocenters. The van der Waals surface area contributed by atoms with E-state index in [0.29, 0.717) is 0 Å². The molecule has 0 unspecified atom stereocenters. The first-order chi connectivity index (χ1) is 8.50. The third-order valence-electron chi connectivity index (χ3n) is 2.37. The lowest BCUT2D eigenvalue weighted by Crippen LogP contribution is -2.06. The Morgan fingerprint density at radius 3 is 2.39 bits per heavy atom. The second-order valence-corrected chi connectivity index (χ2v) is 4.41. The van der Waals surface area contributed by atoms with E-state index in [1.807, 2.05) is 0 Å². The monoisotopic (exact) mass is 314 g/mol. The zero-order valence-electron chi connectivity index (χ0n) is 8.88. The molecule has 0 aliphatic carbocycles. The van der Waals surface area contributed by atoms with Crippen LogP contribution in [0.25, 0.3) is 0 Å². The van der Waals surface area contributed by atoms with E-state index in [2.05, 4.69) is 15.9 Å². The zero-order valence-corrected chi connectivity index (χ0v) is 10.5. The number of benzene rings is 2. The molecule has 0 heterocycles. The van der Waals surface area contributed by atoms with Gasteiger partial charge in [-0.25, -0.2) is 13.2 Å².